The van der Waals surface area contributed by atoms with Crippen molar-refractivity contribution in [2.45, 2.75) is 24.7 Å². The van der Waals surface area contributed by atoms with Crippen LogP contribution >= 0.6 is 11.6 Å². The first kappa shape index (κ1) is 12.9. The first-order valence-electron chi connectivity index (χ1n) is 7.37. The zero-order chi connectivity index (χ0) is 14.4. The maximum atomic E-state index is 13.1. The number of benzene rings is 2. The number of amides is 1. The van der Waals surface area contributed by atoms with Crippen molar-refractivity contribution in [1.82, 2.24) is 0 Å². The van der Waals surface area contributed by atoms with Gasteiger partial charge < -0.3 is 4.90 Å². The maximum Gasteiger partial charge on any atom is 0.237 e. The average molecular weight is 298 g/mol. The van der Waals surface area contributed by atoms with Crippen LogP contribution in [0.2, 0.25) is 5.02 Å². The highest BCUT2D eigenvalue weighted by atomic mass is 35.5. The number of hydrogen-bond donors (Lipinski definition) is 0. The van der Waals surface area contributed by atoms with E-state index in [9.17, 15) is 4.79 Å². The van der Waals surface area contributed by atoms with Gasteiger partial charge in [-0.1, -0.05) is 41.9 Å². The normalized spacial score (nSPS) is 18.4. The largest absolute Gasteiger partial charge is 0.311 e. The van der Waals surface area contributed by atoms with E-state index < -0.39 is 0 Å². The van der Waals surface area contributed by atoms with Gasteiger partial charge in [-0.3, -0.25) is 4.79 Å². The summed E-state index contributed by atoms with van der Waals surface area (Å²) in [6, 6.07) is 16.0. The third-order valence-corrected chi connectivity index (χ3v) is 4.94. The Balaban J connectivity index is 1.68. The average Bonchev–Trinajstić information content (AvgIpc) is 3.21. The van der Waals surface area contributed by atoms with E-state index in [2.05, 4.69) is 12.1 Å². The number of carbonyl (C=O) groups is 1. The van der Waals surface area contributed by atoms with Crippen LogP contribution in [0.15, 0.2) is 48.5 Å². The van der Waals surface area contributed by atoms with Crippen LogP contribution in [0.5, 0.6) is 0 Å². The number of para-hydroxylation sites is 1. The molecule has 0 unspecified atom stereocenters. The van der Waals surface area contributed by atoms with Gasteiger partial charge in [-0.05, 0) is 48.6 Å². The SMILES string of the molecule is O=C(N1CCc2ccccc21)C1(c2ccc(Cl)cc2)CC1. The molecular weight excluding hydrogens is 282 g/mol. The quantitative estimate of drug-likeness (QED) is 0.821. The summed E-state index contributed by atoms with van der Waals surface area (Å²) in [5.74, 6) is 0.245. The van der Waals surface area contributed by atoms with Gasteiger partial charge in [0, 0.05) is 17.3 Å². The first-order valence-corrected chi connectivity index (χ1v) is 7.74. The van der Waals surface area contributed by atoms with Crippen molar-refractivity contribution in [3.05, 3.63) is 64.7 Å². The van der Waals surface area contributed by atoms with Crippen molar-refractivity contribution in [3.8, 4) is 0 Å². The second-order valence-electron chi connectivity index (χ2n) is 5.92. The number of nitrogens with zero attached hydrogens (tertiary/aromatic N) is 1. The zero-order valence-electron chi connectivity index (χ0n) is 11.7. The molecule has 0 saturated heterocycles. The molecule has 106 valence electrons. The minimum Gasteiger partial charge on any atom is -0.311 e. The highest BCUT2D eigenvalue weighted by Crippen LogP contribution is 2.51. The standard InChI is InChI=1S/C18H16ClNO/c19-15-7-5-14(6-8-15)18(10-11-18)17(21)20-12-9-13-3-1-2-4-16(13)20/h1-8H,9-12H2. The second kappa shape index (κ2) is 4.60. The Kier molecular flexibility index (Phi) is 2.83. The van der Waals surface area contributed by atoms with Crippen molar-refractivity contribution in [2.75, 3.05) is 11.4 Å². The topological polar surface area (TPSA) is 20.3 Å². The fourth-order valence-corrected chi connectivity index (χ4v) is 3.45. The molecule has 2 aromatic rings. The molecule has 0 radical (unpaired) electrons. The molecule has 3 heteroatoms. The number of anilines is 1. The molecule has 0 atom stereocenters. The molecule has 21 heavy (non-hydrogen) atoms. The minimum atomic E-state index is -0.317. The molecule has 1 aliphatic heterocycles. The predicted molar refractivity (Wildman–Crippen MR) is 84.9 cm³/mol. The first-order chi connectivity index (χ1) is 10.2. The van der Waals surface area contributed by atoms with Crippen molar-refractivity contribution in [2.24, 2.45) is 0 Å². The third-order valence-electron chi connectivity index (χ3n) is 4.69. The third kappa shape index (κ3) is 1.97. The number of fused-ring (bicyclic) bond motifs is 1. The highest BCUT2D eigenvalue weighted by Gasteiger charge is 2.53. The van der Waals surface area contributed by atoms with Gasteiger partial charge in [-0.2, -0.15) is 0 Å². The molecule has 1 fully saturated rings. The van der Waals surface area contributed by atoms with Gasteiger partial charge in [0.1, 0.15) is 0 Å². The summed E-state index contributed by atoms with van der Waals surface area (Å²) in [5, 5.41) is 0.716. The summed E-state index contributed by atoms with van der Waals surface area (Å²) in [5.41, 5.74) is 3.14. The molecule has 0 spiro atoms. The van der Waals surface area contributed by atoms with E-state index in [0.717, 1.165) is 37.1 Å². The Morgan fingerprint density at radius 3 is 2.48 bits per heavy atom. The Morgan fingerprint density at radius 2 is 1.76 bits per heavy atom. The highest BCUT2D eigenvalue weighted by molar-refractivity contribution is 6.30. The number of halogens is 1. The fourth-order valence-electron chi connectivity index (χ4n) is 3.33. The Hall–Kier alpha value is -1.80. The monoisotopic (exact) mass is 297 g/mol. The maximum absolute atomic E-state index is 13.1. The molecule has 0 N–H and O–H groups in total. The molecule has 1 heterocycles. The Morgan fingerprint density at radius 1 is 1.05 bits per heavy atom. The predicted octanol–water partition coefficient (Wildman–Crippen LogP) is 3.96. The van der Waals surface area contributed by atoms with Crippen LogP contribution < -0.4 is 4.90 Å². The van der Waals surface area contributed by atoms with Crippen LogP contribution in [0.25, 0.3) is 0 Å². The molecule has 2 aliphatic rings. The molecule has 2 nitrogen and oxygen atoms in total. The summed E-state index contributed by atoms with van der Waals surface area (Å²) >= 11 is 5.96. The van der Waals surface area contributed by atoms with E-state index in [4.69, 9.17) is 11.6 Å². The van der Waals surface area contributed by atoms with Crippen LogP contribution in [0.3, 0.4) is 0 Å². The van der Waals surface area contributed by atoms with Gasteiger partial charge >= 0.3 is 0 Å². The van der Waals surface area contributed by atoms with Gasteiger partial charge in [0.2, 0.25) is 5.91 Å². The smallest absolute Gasteiger partial charge is 0.237 e. The summed E-state index contributed by atoms with van der Waals surface area (Å²) in [4.78, 5) is 15.0. The summed E-state index contributed by atoms with van der Waals surface area (Å²) < 4.78 is 0. The number of rotatable bonds is 2. The van der Waals surface area contributed by atoms with Gasteiger partial charge in [-0.25, -0.2) is 0 Å². The lowest BCUT2D eigenvalue weighted by molar-refractivity contribution is -0.120. The Bertz CT molecular complexity index is 703. The van der Waals surface area contributed by atoms with E-state index in [1.54, 1.807) is 0 Å². The lowest BCUT2D eigenvalue weighted by atomic mass is 9.94. The Labute approximate surface area is 129 Å². The van der Waals surface area contributed by atoms with Crippen LogP contribution in [-0.2, 0) is 16.6 Å². The molecular formula is C18H16ClNO. The molecule has 0 bridgehead atoms. The minimum absolute atomic E-state index is 0.245. The molecule has 4 rings (SSSR count). The summed E-state index contributed by atoms with van der Waals surface area (Å²) in [6.07, 6.45) is 2.83. The van der Waals surface area contributed by atoms with Crippen LogP contribution in [0.4, 0.5) is 5.69 Å². The molecule has 1 saturated carbocycles. The van der Waals surface area contributed by atoms with Gasteiger partial charge in [0.15, 0.2) is 0 Å². The van der Waals surface area contributed by atoms with Gasteiger partial charge in [0.25, 0.3) is 0 Å². The van der Waals surface area contributed by atoms with Crippen LogP contribution in [-0.4, -0.2) is 12.5 Å². The van der Waals surface area contributed by atoms with Crippen molar-refractivity contribution < 1.29 is 4.79 Å². The van der Waals surface area contributed by atoms with E-state index in [0.29, 0.717) is 5.02 Å². The molecule has 1 aliphatic carbocycles. The molecule has 1 amide bonds. The van der Waals surface area contributed by atoms with E-state index >= 15 is 0 Å². The summed E-state index contributed by atoms with van der Waals surface area (Å²) in [7, 11) is 0. The van der Waals surface area contributed by atoms with E-state index in [1.807, 2.05) is 41.3 Å². The van der Waals surface area contributed by atoms with Gasteiger partial charge in [0.05, 0.1) is 5.41 Å². The van der Waals surface area contributed by atoms with Crippen molar-refractivity contribution in [3.63, 3.8) is 0 Å². The molecule has 2 aromatic carbocycles. The van der Waals surface area contributed by atoms with Crippen molar-refractivity contribution in [1.29, 1.82) is 0 Å². The van der Waals surface area contributed by atoms with E-state index in [-0.39, 0.29) is 11.3 Å². The fraction of sp³-hybridized carbons (Fsp3) is 0.278. The van der Waals surface area contributed by atoms with Crippen LogP contribution in [0.1, 0.15) is 24.0 Å². The van der Waals surface area contributed by atoms with Crippen molar-refractivity contribution >= 4 is 23.2 Å². The van der Waals surface area contributed by atoms with Crippen LogP contribution in [0, 0.1) is 0 Å². The number of hydrogen-bond acceptors (Lipinski definition) is 1. The van der Waals surface area contributed by atoms with Gasteiger partial charge in [-0.15, -0.1) is 0 Å². The van der Waals surface area contributed by atoms with E-state index in [1.165, 1.54) is 5.56 Å². The summed E-state index contributed by atoms with van der Waals surface area (Å²) in [6.45, 7) is 0.799. The molecule has 0 aromatic heterocycles. The number of carbonyl (C=O) groups excluding carboxylic acids is 1. The lowest BCUT2D eigenvalue weighted by Crippen LogP contribution is -2.38. The second-order valence-corrected chi connectivity index (χ2v) is 6.36. The lowest BCUT2D eigenvalue weighted by Gasteiger charge is -2.24. The zero-order valence-corrected chi connectivity index (χ0v) is 12.4.